The number of nitrogens with two attached hydrogens (primary N) is 1. The van der Waals surface area contributed by atoms with E-state index in [0.717, 1.165) is 22.6 Å². The number of aliphatic carboxylic acids is 2. The van der Waals surface area contributed by atoms with Crippen molar-refractivity contribution in [2.24, 2.45) is 5.73 Å². The molecule has 6 N–H and O–H groups in total. The number of thiophene rings is 1. The van der Waals surface area contributed by atoms with Crippen LogP contribution in [0.5, 0.6) is 0 Å². The van der Waals surface area contributed by atoms with E-state index in [-0.39, 0.29) is 6.61 Å². The van der Waals surface area contributed by atoms with Gasteiger partial charge in [0.2, 0.25) is 0 Å². The summed E-state index contributed by atoms with van der Waals surface area (Å²) in [7, 11) is 0. The third-order valence-electron chi connectivity index (χ3n) is 4.27. The summed E-state index contributed by atoms with van der Waals surface area (Å²) in [4.78, 5) is 20.8. The minimum absolute atomic E-state index is 0.224. The first kappa shape index (κ1) is 28.8. The molecule has 0 aromatic carbocycles. The molecule has 0 aliphatic carbocycles. The Balaban J connectivity index is 0.000000954. The van der Waals surface area contributed by atoms with Crippen molar-refractivity contribution in [3.63, 3.8) is 0 Å². The lowest BCUT2D eigenvalue weighted by molar-refractivity contribution is -0.134. The average molecular weight is 454 g/mol. The van der Waals surface area contributed by atoms with Crippen LogP contribution in [0.1, 0.15) is 80.6 Å². The number of aliphatic hydroxyl groups excluding tert-OH is 2. The fourth-order valence-corrected chi connectivity index (χ4v) is 3.47. The Morgan fingerprint density at radius 1 is 1.03 bits per heavy atom. The van der Waals surface area contributed by atoms with Crippen LogP contribution in [-0.4, -0.2) is 45.0 Å². The molecule has 1 aromatic rings. The summed E-state index contributed by atoms with van der Waals surface area (Å²) >= 11 is 1.45. The van der Waals surface area contributed by atoms with Gasteiger partial charge in [0, 0.05) is 23.5 Å². The van der Waals surface area contributed by atoms with Gasteiger partial charge in [-0.3, -0.25) is 0 Å². The first-order valence-electron chi connectivity index (χ1n) is 10.6. The molecule has 0 unspecified atom stereocenters. The fraction of sp³-hybridized carbons (Fsp3) is 0.565. The van der Waals surface area contributed by atoms with Crippen LogP contribution in [-0.2, 0) is 9.59 Å². The predicted molar refractivity (Wildman–Crippen MR) is 123 cm³/mol. The van der Waals surface area contributed by atoms with Crippen LogP contribution in [0.15, 0.2) is 24.3 Å². The second-order valence-corrected chi connectivity index (χ2v) is 8.15. The third kappa shape index (κ3) is 16.2. The number of hydrogen-bond donors (Lipinski definition) is 5. The van der Waals surface area contributed by atoms with Gasteiger partial charge in [0.25, 0.3) is 0 Å². The van der Waals surface area contributed by atoms with Crippen LogP contribution < -0.4 is 5.73 Å². The molecule has 0 bridgehead atoms. The van der Waals surface area contributed by atoms with Crippen LogP contribution in [0.2, 0.25) is 0 Å². The van der Waals surface area contributed by atoms with E-state index in [1.165, 1.54) is 56.3 Å². The molecule has 0 spiro atoms. The first-order valence-corrected chi connectivity index (χ1v) is 11.4. The van der Waals surface area contributed by atoms with Crippen molar-refractivity contribution in [2.75, 3.05) is 6.61 Å². The molecule has 1 rings (SSSR count). The largest absolute Gasteiger partial charge is 0.478 e. The highest BCUT2D eigenvalue weighted by atomic mass is 32.1. The third-order valence-corrected chi connectivity index (χ3v) is 5.34. The zero-order chi connectivity index (χ0) is 23.5. The summed E-state index contributed by atoms with van der Waals surface area (Å²) in [6.45, 7) is 2.02. The van der Waals surface area contributed by atoms with E-state index in [2.05, 4.69) is 18.8 Å². The molecule has 0 radical (unpaired) electrons. The number of hydrogen-bond acceptors (Lipinski definition) is 6. The van der Waals surface area contributed by atoms with Crippen molar-refractivity contribution in [2.45, 2.75) is 76.9 Å². The monoisotopic (exact) mass is 453 g/mol. The zero-order valence-corrected chi connectivity index (χ0v) is 18.9. The Morgan fingerprint density at radius 3 is 2.10 bits per heavy atom. The molecule has 0 amide bonds. The minimum atomic E-state index is -1.26. The van der Waals surface area contributed by atoms with Gasteiger partial charge < -0.3 is 26.2 Å². The molecule has 0 aliphatic heterocycles. The summed E-state index contributed by atoms with van der Waals surface area (Å²) in [5.41, 5.74) is 5.63. The maximum absolute atomic E-state index is 9.93. The Kier molecular flexibility index (Phi) is 17.3. The van der Waals surface area contributed by atoms with Crippen molar-refractivity contribution in [3.05, 3.63) is 34.0 Å². The second-order valence-electron chi connectivity index (χ2n) is 7.03. The lowest BCUT2D eigenvalue weighted by Crippen LogP contribution is -2.31. The number of carbonyl (C=O) groups is 2. The molecule has 1 aromatic heterocycles. The zero-order valence-electron chi connectivity index (χ0n) is 18.1. The van der Waals surface area contributed by atoms with Gasteiger partial charge in [-0.15, -0.1) is 11.3 Å². The highest BCUT2D eigenvalue weighted by Crippen LogP contribution is 2.24. The van der Waals surface area contributed by atoms with E-state index >= 15 is 0 Å². The molecule has 174 valence electrons. The van der Waals surface area contributed by atoms with Crippen molar-refractivity contribution < 1.29 is 30.0 Å². The molecule has 0 aliphatic rings. The molecule has 7 nitrogen and oxygen atoms in total. The summed E-state index contributed by atoms with van der Waals surface area (Å²) < 4.78 is 0. The Morgan fingerprint density at radius 2 is 1.58 bits per heavy atom. The molecule has 0 fully saturated rings. The Bertz CT molecular complexity index is 703. The fourth-order valence-electron chi connectivity index (χ4n) is 2.53. The van der Waals surface area contributed by atoms with Crippen molar-refractivity contribution in [3.8, 4) is 11.8 Å². The molecule has 1 heterocycles. The SMILES string of the molecule is CCCCCCCCCCC#Cc1ccc([C@@H](O)[C@@H](N)CO)s1.O=C(O)/C=C\C(=O)O. The molecule has 0 saturated carbocycles. The number of carboxylic acids is 2. The van der Waals surface area contributed by atoms with E-state index in [0.29, 0.717) is 12.2 Å². The normalized spacial score (nSPS) is 12.4. The van der Waals surface area contributed by atoms with Gasteiger partial charge in [-0.2, -0.15) is 0 Å². The predicted octanol–water partition coefficient (Wildman–Crippen LogP) is 3.70. The topological polar surface area (TPSA) is 141 Å². The molecule has 0 saturated heterocycles. The maximum atomic E-state index is 9.93. The van der Waals surface area contributed by atoms with Gasteiger partial charge in [-0.05, 0) is 18.6 Å². The standard InChI is InChI=1S/C19H31NO2S.C4H4O4/c1-2-3-4-5-6-7-8-9-10-11-12-16-13-14-18(23-16)19(22)17(20)15-21;5-3(6)1-2-4(7)8/h13-14,17,19,21-22H,2-10,15,20H2,1H3;1-2H,(H,5,6)(H,7,8)/b;2-1-/t17-,19-;/m0./s1. The van der Waals surface area contributed by atoms with Crippen LogP contribution >= 0.6 is 11.3 Å². The van der Waals surface area contributed by atoms with E-state index in [9.17, 15) is 14.7 Å². The highest BCUT2D eigenvalue weighted by molar-refractivity contribution is 7.12. The van der Waals surface area contributed by atoms with Gasteiger partial charge >= 0.3 is 11.9 Å². The maximum Gasteiger partial charge on any atom is 0.328 e. The Labute approximate surface area is 188 Å². The van der Waals surface area contributed by atoms with Gasteiger partial charge in [0.05, 0.1) is 17.5 Å². The van der Waals surface area contributed by atoms with Gasteiger partial charge in [-0.25, -0.2) is 9.59 Å². The lowest BCUT2D eigenvalue weighted by Gasteiger charge is -2.14. The molecule has 8 heteroatoms. The van der Waals surface area contributed by atoms with E-state index < -0.39 is 24.1 Å². The van der Waals surface area contributed by atoms with Gasteiger partial charge in [0.1, 0.15) is 6.10 Å². The quantitative estimate of drug-likeness (QED) is 0.174. The first-order chi connectivity index (χ1) is 14.8. The second kappa shape index (κ2) is 18.6. The summed E-state index contributed by atoms with van der Waals surface area (Å²) in [5.74, 6) is 3.84. The van der Waals surface area contributed by atoms with E-state index in [4.69, 9.17) is 21.1 Å². The lowest BCUT2D eigenvalue weighted by atomic mass is 10.1. The summed E-state index contributed by atoms with van der Waals surface area (Å²) in [6.07, 6.45) is 11.8. The number of carboxylic acid groups (broad SMARTS) is 2. The van der Waals surface area contributed by atoms with Crippen molar-refractivity contribution in [1.82, 2.24) is 0 Å². The van der Waals surface area contributed by atoms with Crippen LogP contribution in [0.3, 0.4) is 0 Å². The van der Waals surface area contributed by atoms with Gasteiger partial charge in [0.15, 0.2) is 0 Å². The van der Waals surface area contributed by atoms with Crippen LogP contribution in [0.25, 0.3) is 0 Å². The average Bonchev–Trinajstić information content (AvgIpc) is 3.21. The van der Waals surface area contributed by atoms with E-state index in [1.807, 2.05) is 12.1 Å². The van der Waals surface area contributed by atoms with Crippen LogP contribution in [0, 0.1) is 11.8 Å². The van der Waals surface area contributed by atoms with Crippen molar-refractivity contribution in [1.29, 1.82) is 0 Å². The minimum Gasteiger partial charge on any atom is -0.478 e. The number of aliphatic hydroxyl groups is 2. The molecule has 2 atom stereocenters. The number of rotatable bonds is 13. The molecular weight excluding hydrogens is 418 g/mol. The van der Waals surface area contributed by atoms with E-state index in [1.54, 1.807) is 0 Å². The smallest absolute Gasteiger partial charge is 0.328 e. The highest BCUT2D eigenvalue weighted by Gasteiger charge is 2.17. The molecule has 31 heavy (non-hydrogen) atoms. The Hall–Kier alpha value is -2.18. The van der Waals surface area contributed by atoms with Gasteiger partial charge in [-0.1, -0.05) is 63.7 Å². The summed E-state index contributed by atoms with van der Waals surface area (Å²) in [6, 6.07) is 3.12. The summed E-state index contributed by atoms with van der Waals surface area (Å²) in [5, 5.41) is 34.5. The molecular formula is C23H35NO6S. The van der Waals surface area contributed by atoms with Crippen LogP contribution in [0.4, 0.5) is 0 Å². The number of unbranched alkanes of at least 4 members (excludes halogenated alkanes) is 8. The van der Waals surface area contributed by atoms with Crippen molar-refractivity contribution >= 4 is 23.3 Å².